The zero-order valence-corrected chi connectivity index (χ0v) is 13.0. The van der Waals surface area contributed by atoms with Crippen LogP contribution in [0.1, 0.15) is 40.7 Å². The van der Waals surface area contributed by atoms with E-state index in [1.54, 1.807) is 6.07 Å². The third kappa shape index (κ3) is 6.40. The van der Waals surface area contributed by atoms with Gasteiger partial charge in [-0.1, -0.05) is 13.3 Å². The third-order valence-corrected chi connectivity index (χ3v) is 3.80. The molecule has 0 spiro atoms. The van der Waals surface area contributed by atoms with Crippen molar-refractivity contribution in [3.8, 4) is 0 Å². The molecule has 21 heavy (non-hydrogen) atoms. The molecule has 0 radical (unpaired) electrons. The first-order chi connectivity index (χ1) is 9.92. The molecule has 3 N–H and O–H groups in total. The highest BCUT2D eigenvalue weighted by molar-refractivity contribution is 7.13. The van der Waals surface area contributed by atoms with Gasteiger partial charge in [-0.15, -0.1) is 11.3 Å². The van der Waals surface area contributed by atoms with E-state index in [2.05, 4.69) is 10.6 Å². The summed E-state index contributed by atoms with van der Waals surface area (Å²) < 4.78 is 0. The monoisotopic (exact) mass is 312 g/mol. The summed E-state index contributed by atoms with van der Waals surface area (Å²) in [6, 6.07) is 3.14. The maximum atomic E-state index is 11.8. The van der Waals surface area contributed by atoms with Gasteiger partial charge in [0.1, 0.15) is 0 Å². The zero-order chi connectivity index (χ0) is 15.8. The fraction of sp³-hybridized carbons (Fsp3) is 0.500. The van der Waals surface area contributed by atoms with Crippen molar-refractivity contribution in [2.24, 2.45) is 0 Å². The smallest absolute Gasteiger partial charge is 0.305 e. The van der Waals surface area contributed by atoms with Crippen molar-refractivity contribution in [1.82, 2.24) is 10.6 Å². The number of hydrogen-bond donors (Lipinski definition) is 3. The molecule has 116 valence electrons. The third-order valence-electron chi connectivity index (χ3n) is 2.80. The lowest BCUT2D eigenvalue weighted by Gasteiger charge is -2.16. The molecule has 0 aliphatic rings. The normalized spacial score (nSPS) is 11.7. The van der Waals surface area contributed by atoms with E-state index in [-0.39, 0.29) is 24.8 Å². The quantitative estimate of drug-likeness (QED) is 0.678. The van der Waals surface area contributed by atoms with Crippen LogP contribution in [-0.2, 0) is 9.59 Å². The number of nitrogens with one attached hydrogen (secondary N) is 2. The van der Waals surface area contributed by atoms with Gasteiger partial charge >= 0.3 is 5.97 Å². The second-order valence-electron chi connectivity index (χ2n) is 4.74. The first kappa shape index (κ1) is 17.2. The molecule has 1 aromatic heterocycles. The van der Waals surface area contributed by atoms with E-state index in [1.165, 1.54) is 11.3 Å². The van der Waals surface area contributed by atoms with Crippen LogP contribution in [0.15, 0.2) is 12.1 Å². The Hall–Kier alpha value is -1.89. The Morgan fingerprint density at radius 3 is 2.57 bits per heavy atom. The first-order valence-corrected chi connectivity index (χ1v) is 7.59. The Kier molecular flexibility index (Phi) is 6.87. The number of carboxylic acids is 1. The number of carbonyl (C=O) groups is 3. The van der Waals surface area contributed by atoms with Crippen molar-refractivity contribution in [2.75, 3.05) is 6.54 Å². The highest BCUT2D eigenvalue weighted by Crippen LogP contribution is 2.14. The minimum atomic E-state index is -0.952. The van der Waals surface area contributed by atoms with Crippen LogP contribution in [-0.4, -0.2) is 35.5 Å². The minimum Gasteiger partial charge on any atom is -0.481 e. The second kappa shape index (κ2) is 8.41. The van der Waals surface area contributed by atoms with E-state index >= 15 is 0 Å². The van der Waals surface area contributed by atoms with Crippen LogP contribution in [0.25, 0.3) is 0 Å². The lowest BCUT2D eigenvalue weighted by atomic mass is 10.1. The highest BCUT2D eigenvalue weighted by atomic mass is 32.1. The number of carboxylic acid groups (broad SMARTS) is 1. The van der Waals surface area contributed by atoms with Crippen molar-refractivity contribution in [1.29, 1.82) is 0 Å². The van der Waals surface area contributed by atoms with Crippen molar-refractivity contribution < 1.29 is 19.5 Å². The Morgan fingerprint density at radius 2 is 2.05 bits per heavy atom. The number of hydrogen-bond acceptors (Lipinski definition) is 4. The number of thiophene rings is 1. The van der Waals surface area contributed by atoms with Gasteiger partial charge in [0.05, 0.1) is 17.8 Å². The molecule has 0 fully saturated rings. The SMILES string of the molecule is CCCC(CC(=O)O)NC(=O)CNC(=O)c1ccc(C)s1. The van der Waals surface area contributed by atoms with Crippen LogP contribution in [0.5, 0.6) is 0 Å². The lowest BCUT2D eigenvalue weighted by Crippen LogP contribution is -2.42. The van der Waals surface area contributed by atoms with Crippen LogP contribution in [0.4, 0.5) is 0 Å². The standard InChI is InChI=1S/C14H20N2O4S/c1-3-4-10(7-13(18)19)16-12(17)8-15-14(20)11-6-5-9(2)21-11/h5-6,10H,3-4,7-8H2,1-2H3,(H,15,20)(H,16,17)(H,18,19). The fourth-order valence-corrected chi connectivity index (χ4v) is 2.65. The van der Waals surface area contributed by atoms with Crippen LogP contribution < -0.4 is 10.6 Å². The second-order valence-corrected chi connectivity index (χ2v) is 6.03. The zero-order valence-electron chi connectivity index (χ0n) is 12.1. The largest absolute Gasteiger partial charge is 0.481 e. The molecular formula is C14H20N2O4S. The Morgan fingerprint density at radius 1 is 1.33 bits per heavy atom. The molecule has 0 aromatic carbocycles. The highest BCUT2D eigenvalue weighted by Gasteiger charge is 2.16. The summed E-state index contributed by atoms with van der Waals surface area (Å²) in [4.78, 5) is 35.8. The van der Waals surface area contributed by atoms with Crippen LogP contribution >= 0.6 is 11.3 Å². The topological polar surface area (TPSA) is 95.5 Å². The first-order valence-electron chi connectivity index (χ1n) is 6.78. The summed E-state index contributed by atoms with van der Waals surface area (Å²) in [6.07, 6.45) is 1.26. The average Bonchev–Trinajstić information content (AvgIpc) is 2.82. The molecule has 1 atom stereocenters. The van der Waals surface area contributed by atoms with Gasteiger partial charge in [-0.2, -0.15) is 0 Å². The molecule has 1 rings (SSSR count). The molecule has 1 unspecified atom stereocenters. The van der Waals surface area contributed by atoms with Gasteiger partial charge in [-0.05, 0) is 25.5 Å². The van der Waals surface area contributed by atoms with Crippen LogP contribution in [0.2, 0.25) is 0 Å². The van der Waals surface area contributed by atoms with Crippen molar-refractivity contribution >= 4 is 29.1 Å². The predicted octanol–water partition coefficient (Wildman–Crippen LogP) is 1.55. The Balaban J connectivity index is 2.41. The van der Waals surface area contributed by atoms with E-state index in [4.69, 9.17) is 5.11 Å². The van der Waals surface area contributed by atoms with Crippen molar-refractivity contribution in [2.45, 2.75) is 39.2 Å². The van der Waals surface area contributed by atoms with Gasteiger partial charge in [-0.25, -0.2) is 0 Å². The number of carbonyl (C=O) groups excluding carboxylic acids is 2. The van der Waals surface area contributed by atoms with Crippen molar-refractivity contribution in [3.05, 3.63) is 21.9 Å². The summed E-state index contributed by atoms with van der Waals surface area (Å²) in [5, 5.41) is 13.9. The van der Waals surface area contributed by atoms with E-state index < -0.39 is 12.0 Å². The molecule has 0 aliphatic heterocycles. The summed E-state index contributed by atoms with van der Waals surface area (Å²) in [7, 11) is 0. The molecule has 0 aliphatic carbocycles. The summed E-state index contributed by atoms with van der Waals surface area (Å²) in [6.45, 7) is 3.66. The van der Waals surface area contributed by atoms with Gasteiger partial charge in [0, 0.05) is 10.9 Å². The van der Waals surface area contributed by atoms with Gasteiger partial charge in [0.15, 0.2) is 0 Å². The number of aliphatic carboxylic acids is 1. The van der Waals surface area contributed by atoms with E-state index in [9.17, 15) is 14.4 Å². The average molecular weight is 312 g/mol. The van der Waals surface area contributed by atoms with E-state index in [0.717, 1.165) is 11.3 Å². The molecule has 6 nitrogen and oxygen atoms in total. The molecule has 0 bridgehead atoms. The van der Waals surface area contributed by atoms with Crippen LogP contribution in [0.3, 0.4) is 0 Å². The maximum absolute atomic E-state index is 11.8. The summed E-state index contributed by atoms with van der Waals surface area (Å²) in [5.74, 6) is -1.63. The molecule has 7 heteroatoms. The predicted molar refractivity (Wildman–Crippen MR) is 80.5 cm³/mol. The Labute approximate surface area is 127 Å². The van der Waals surface area contributed by atoms with Crippen molar-refractivity contribution in [3.63, 3.8) is 0 Å². The molecule has 0 saturated carbocycles. The van der Waals surface area contributed by atoms with Crippen LogP contribution in [0, 0.1) is 6.92 Å². The maximum Gasteiger partial charge on any atom is 0.305 e. The van der Waals surface area contributed by atoms with E-state index in [0.29, 0.717) is 11.3 Å². The number of amides is 2. The lowest BCUT2D eigenvalue weighted by molar-refractivity contribution is -0.137. The Bertz CT molecular complexity index is 513. The van der Waals surface area contributed by atoms with Gasteiger partial charge in [-0.3, -0.25) is 14.4 Å². The fourth-order valence-electron chi connectivity index (χ4n) is 1.87. The molecule has 1 heterocycles. The molecule has 1 aromatic rings. The van der Waals surface area contributed by atoms with Gasteiger partial charge in [0.2, 0.25) is 5.91 Å². The number of rotatable bonds is 8. The molecule has 2 amide bonds. The summed E-state index contributed by atoms with van der Waals surface area (Å²) in [5.41, 5.74) is 0. The van der Waals surface area contributed by atoms with Gasteiger partial charge < -0.3 is 15.7 Å². The van der Waals surface area contributed by atoms with E-state index in [1.807, 2.05) is 19.9 Å². The number of aryl methyl sites for hydroxylation is 1. The molecule has 0 saturated heterocycles. The molecular weight excluding hydrogens is 292 g/mol. The van der Waals surface area contributed by atoms with Gasteiger partial charge in [0.25, 0.3) is 5.91 Å². The minimum absolute atomic E-state index is 0.113. The summed E-state index contributed by atoms with van der Waals surface area (Å²) >= 11 is 1.36.